The molecular formula is C12H22N2O2. The van der Waals surface area contributed by atoms with Gasteiger partial charge in [-0.3, -0.25) is 4.79 Å². The van der Waals surface area contributed by atoms with E-state index in [-0.39, 0.29) is 24.2 Å². The van der Waals surface area contributed by atoms with Crippen LogP contribution in [0.25, 0.3) is 0 Å². The summed E-state index contributed by atoms with van der Waals surface area (Å²) in [7, 11) is 0. The number of amides is 1. The Hall–Kier alpha value is -0.610. The molecule has 1 N–H and O–H groups in total. The fourth-order valence-electron chi connectivity index (χ4n) is 2.64. The van der Waals surface area contributed by atoms with Gasteiger partial charge in [-0.1, -0.05) is 6.42 Å². The first kappa shape index (κ1) is 11.9. The molecule has 1 amide bonds. The highest BCUT2D eigenvalue weighted by atomic mass is 16.5. The lowest BCUT2D eigenvalue weighted by atomic mass is 10.0. The summed E-state index contributed by atoms with van der Waals surface area (Å²) in [6.07, 6.45) is 3.67. The van der Waals surface area contributed by atoms with E-state index in [1.807, 2.05) is 18.7 Å². The average Bonchev–Trinajstić information content (AvgIpc) is 2.28. The summed E-state index contributed by atoms with van der Waals surface area (Å²) in [5.41, 5.74) is 0. The second kappa shape index (κ2) is 5.15. The van der Waals surface area contributed by atoms with Gasteiger partial charge in [-0.05, 0) is 33.2 Å². The highest BCUT2D eigenvalue weighted by Crippen LogP contribution is 2.15. The van der Waals surface area contributed by atoms with E-state index in [1.165, 1.54) is 12.8 Å². The molecule has 0 bridgehead atoms. The maximum atomic E-state index is 12.3. The van der Waals surface area contributed by atoms with Gasteiger partial charge in [0.1, 0.15) is 0 Å². The zero-order chi connectivity index (χ0) is 11.5. The molecule has 2 heterocycles. The fourth-order valence-corrected chi connectivity index (χ4v) is 2.64. The van der Waals surface area contributed by atoms with Crippen LogP contribution in [0.5, 0.6) is 0 Å². The molecule has 0 aromatic rings. The van der Waals surface area contributed by atoms with Crippen LogP contribution in [-0.2, 0) is 9.53 Å². The fraction of sp³-hybridized carbons (Fsp3) is 0.917. The summed E-state index contributed by atoms with van der Waals surface area (Å²) in [6, 6.07) is 0.0475. The maximum Gasteiger partial charge on any atom is 0.239 e. The molecule has 2 rings (SSSR count). The Kier molecular flexibility index (Phi) is 3.82. The summed E-state index contributed by atoms with van der Waals surface area (Å²) in [4.78, 5) is 14.2. The molecule has 3 atom stereocenters. The zero-order valence-corrected chi connectivity index (χ0v) is 10.2. The van der Waals surface area contributed by atoms with Gasteiger partial charge in [0, 0.05) is 13.1 Å². The number of nitrogens with zero attached hydrogens (tertiary/aromatic N) is 1. The Morgan fingerprint density at radius 3 is 2.50 bits per heavy atom. The van der Waals surface area contributed by atoms with E-state index in [2.05, 4.69) is 5.32 Å². The van der Waals surface area contributed by atoms with Crippen LogP contribution in [0.1, 0.15) is 33.1 Å². The molecule has 0 aromatic heterocycles. The van der Waals surface area contributed by atoms with Crippen molar-refractivity contribution in [2.75, 3.05) is 19.6 Å². The topological polar surface area (TPSA) is 41.6 Å². The predicted octanol–water partition coefficient (Wildman–Crippen LogP) is 0.764. The van der Waals surface area contributed by atoms with Crippen LogP contribution in [0.15, 0.2) is 0 Å². The third-order valence-corrected chi connectivity index (χ3v) is 3.34. The molecule has 4 nitrogen and oxygen atoms in total. The van der Waals surface area contributed by atoms with E-state index in [1.54, 1.807) is 0 Å². The van der Waals surface area contributed by atoms with Crippen molar-refractivity contribution >= 4 is 5.91 Å². The third-order valence-electron chi connectivity index (χ3n) is 3.34. The standard InChI is InChI=1S/C12H22N2O2/c1-9-7-14(8-10(2)16-9)12(15)11-5-3-4-6-13-11/h9-11,13H,3-8H2,1-2H3/t9-,10+,11?. The first-order valence-corrected chi connectivity index (χ1v) is 6.34. The maximum absolute atomic E-state index is 12.3. The number of carbonyl (C=O) groups excluding carboxylic acids is 1. The van der Waals surface area contributed by atoms with Crippen molar-refractivity contribution in [2.24, 2.45) is 0 Å². The lowest BCUT2D eigenvalue weighted by molar-refractivity contribution is -0.145. The average molecular weight is 226 g/mol. The summed E-state index contributed by atoms with van der Waals surface area (Å²) in [6.45, 7) is 6.52. The lowest BCUT2D eigenvalue weighted by Crippen LogP contribution is -2.55. The number of carbonyl (C=O) groups is 1. The van der Waals surface area contributed by atoms with Crippen molar-refractivity contribution in [1.82, 2.24) is 10.2 Å². The van der Waals surface area contributed by atoms with Crippen molar-refractivity contribution < 1.29 is 9.53 Å². The van der Waals surface area contributed by atoms with E-state index in [4.69, 9.17) is 4.74 Å². The number of hydrogen-bond donors (Lipinski definition) is 1. The second-order valence-electron chi connectivity index (χ2n) is 5.00. The first-order chi connectivity index (χ1) is 7.66. The third kappa shape index (κ3) is 2.74. The van der Waals surface area contributed by atoms with Gasteiger partial charge in [-0.2, -0.15) is 0 Å². The van der Waals surface area contributed by atoms with Crippen LogP contribution in [-0.4, -0.2) is 48.7 Å². The molecule has 0 radical (unpaired) electrons. The van der Waals surface area contributed by atoms with Gasteiger partial charge in [0.15, 0.2) is 0 Å². The van der Waals surface area contributed by atoms with E-state index in [0.29, 0.717) is 0 Å². The van der Waals surface area contributed by atoms with Gasteiger partial charge in [-0.25, -0.2) is 0 Å². The van der Waals surface area contributed by atoms with Gasteiger partial charge >= 0.3 is 0 Å². The zero-order valence-electron chi connectivity index (χ0n) is 10.2. The molecule has 1 unspecified atom stereocenters. The Morgan fingerprint density at radius 2 is 1.94 bits per heavy atom. The quantitative estimate of drug-likeness (QED) is 0.718. The molecule has 16 heavy (non-hydrogen) atoms. The van der Waals surface area contributed by atoms with Crippen LogP contribution in [0.3, 0.4) is 0 Å². The minimum Gasteiger partial charge on any atom is -0.372 e. The minimum atomic E-state index is 0.0475. The van der Waals surface area contributed by atoms with Gasteiger partial charge < -0.3 is 15.0 Å². The number of rotatable bonds is 1. The number of hydrogen-bond acceptors (Lipinski definition) is 3. The van der Waals surface area contributed by atoms with Crippen molar-refractivity contribution in [2.45, 2.75) is 51.4 Å². The molecule has 0 aliphatic carbocycles. The molecule has 0 aromatic carbocycles. The normalized spacial score (nSPS) is 36.1. The van der Waals surface area contributed by atoms with E-state index in [9.17, 15) is 4.79 Å². The second-order valence-corrected chi connectivity index (χ2v) is 5.00. The van der Waals surface area contributed by atoms with Crippen LogP contribution in [0.4, 0.5) is 0 Å². The van der Waals surface area contributed by atoms with Crippen LogP contribution in [0.2, 0.25) is 0 Å². The predicted molar refractivity (Wildman–Crippen MR) is 62.2 cm³/mol. The Balaban J connectivity index is 1.92. The van der Waals surface area contributed by atoms with Gasteiger partial charge in [-0.15, -0.1) is 0 Å². The first-order valence-electron chi connectivity index (χ1n) is 6.34. The molecule has 2 saturated heterocycles. The Morgan fingerprint density at radius 1 is 1.25 bits per heavy atom. The highest BCUT2D eigenvalue weighted by molar-refractivity contribution is 5.82. The SMILES string of the molecule is C[C@@H]1CN(C(=O)C2CCCCN2)C[C@H](C)O1. The molecule has 0 spiro atoms. The summed E-state index contributed by atoms with van der Waals surface area (Å²) < 4.78 is 5.64. The summed E-state index contributed by atoms with van der Waals surface area (Å²) in [5, 5.41) is 3.31. The van der Waals surface area contributed by atoms with Crippen molar-refractivity contribution in [3.63, 3.8) is 0 Å². The molecule has 2 fully saturated rings. The molecule has 2 aliphatic rings. The Labute approximate surface area is 97.3 Å². The molecular weight excluding hydrogens is 204 g/mol. The van der Waals surface area contributed by atoms with Crippen LogP contribution < -0.4 is 5.32 Å². The van der Waals surface area contributed by atoms with Crippen LogP contribution in [0, 0.1) is 0 Å². The number of nitrogens with one attached hydrogen (secondary N) is 1. The highest BCUT2D eigenvalue weighted by Gasteiger charge is 2.30. The van der Waals surface area contributed by atoms with Crippen molar-refractivity contribution in [3.8, 4) is 0 Å². The van der Waals surface area contributed by atoms with Crippen molar-refractivity contribution in [1.29, 1.82) is 0 Å². The van der Waals surface area contributed by atoms with E-state index >= 15 is 0 Å². The molecule has 4 heteroatoms. The number of morpholine rings is 1. The van der Waals surface area contributed by atoms with Crippen molar-refractivity contribution in [3.05, 3.63) is 0 Å². The van der Waals surface area contributed by atoms with Crippen LogP contribution >= 0.6 is 0 Å². The lowest BCUT2D eigenvalue weighted by Gasteiger charge is -2.38. The molecule has 0 saturated carbocycles. The Bertz CT molecular complexity index is 241. The minimum absolute atomic E-state index is 0.0475. The molecule has 2 aliphatic heterocycles. The van der Waals surface area contributed by atoms with E-state index < -0.39 is 0 Å². The number of ether oxygens (including phenoxy) is 1. The van der Waals surface area contributed by atoms with Gasteiger partial charge in [0.05, 0.1) is 18.2 Å². The number of piperidine rings is 1. The largest absolute Gasteiger partial charge is 0.372 e. The monoisotopic (exact) mass is 226 g/mol. The summed E-state index contributed by atoms with van der Waals surface area (Å²) >= 11 is 0. The smallest absolute Gasteiger partial charge is 0.239 e. The van der Waals surface area contributed by atoms with E-state index in [0.717, 1.165) is 26.1 Å². The molecule has 92 valence electrons. The van der Waals surface area contributed by atoms with Gasteiger partial charge in [0.25, 0.3) is 0 Å². The van der Waals surface area contributed by atoms with Gasteiger partial charge in [0.2, 0.25) is 5.91 Å². The summed E-state index contributed by atoms with van der Waals surface area (Å²) in [5.74, 6) is 0.265.